The topological polar surface area (TPSA) is 70.3 Å². The first-order chi connectivity index (χ1) is 18.8. The van der Waals surface area contributed by atoms with Crippen LogP contribution < -0.4 is 19.5 Å². The van der Waals surface area contributed by atoms with Gasteiger partial charge in [0.2, 0.25) is 0 Å². The number of hydrogen-bond donors (Lipinski definition) is 1. The van der Waals surface area contributed by atoms with Gasteiger partial charge in [0, 0.05) is 30.3 Å². The number of aromatic nitrogens is 2. The summed E-state index contributed by atoms with van der Waals surface area (Å²) in [5.41, 5.74) is 4.73. The predicted octanol–water partition coefficient (Wildman–Crippen LogP) is 5.87. The Bertz CT molecular complexity index is 1380. The maximum atomic E-state index is 13.1. The van der Waals surface area contributed by atoms with Gasteiger partial charge < -0.3 is 20.0 Å². The van der Waals surface area contributed by atoms with Gasteiger partial charge in [0.25, 0.3) is 0 Å². The summed E-state index contributed by atoms with van der Waals surface area (Å²) in [5.74, 6) is -0.698. The number of fused-ring (bicyclic) bond motifs is 1. The standard InChI is InChI=1S/C29H25F4N3O3/c30-28(31)38-25-7-5-21(16-26(25)39-29(32)33)24(13-18-9-11-36(37)12-10-18)22-6-8-27(34-17-22)35-23-14-19-3-1-2-4-20(19)15-23/h1-12,16-17,23-24,28-29H,13-15H2,(H,34,35). The summed E-state index contributed by atoms with van der Waals surface area (Å²) in [6.07, 6.45) is 6.61. The molecule has 2 aromatic heterocycles. The van der Waals surface area contributed by atoms with E-state index >= 15 is 0 Å². The number of benzene rings is 2. The van der Waals surface area contributed by atoms with Crippen molar-refractivity contribution in [1.29, 1.82) is 0 Å². The Kier molecular flexibility index (Phi) is 7.81. The second kappa shape index (κ2) is 11.6. The highest BCUT2D eigenvalue weighted by Crippen LogP contribution is 2.37. The minimum atomic E-state index is -3.23. The van der Waals surface area contributed by atoms with Gasteiger partial charge in [-0.3, -0.25) is 0 Å². The number of alkyl halides is 4. The molecule has 6 nitrogen and oxygen atoms in total. The molecule has 0 saturated heterocycles. The third kappa shape index (κ3) is 6.57. The van der Waals surface area contributed by atoms with Crippen molar-refractivity contribution < 1.29 is 31.8 Å². The Morgan fingerprint density at radius 2 is 1.49 bits per heavy atom. The lowest BCUT2D eigenvalue weighted by Gasteiger charge is -2.21. The van der Waals surface area contributed by atoms with Crippen molar-refractivity contribution in [2.75, 3.05) is 5.32 Å². The molecule has 10 heteroatoms. The van der Waals surface area contributed by atoms with Crippen LogP contribution >= 0.6 is 0 Å². The van der Waals surface area contributed by atoms with Gasteiger partial charge >= 0.3 is 13.2 Å². The smallest absolute Gasteiger partial charge is 0.387 e. The van der Waals surface area contributed by atoms with Crippen LogP contribution in [0.25, 0.3) is 0 Å². The molecule has 0 saturated carbocycles. The summed E-state index contributed by atoms with van der Waals surface area (Å²) in [6.45, 7) is -6.43. The van der Waals surface area contributed by atoms with Gasteiger partial charge in [0.15, 0.2) is 23.9 Å². The predicted molar refractivity (Wildman–Crippen MR) is 136 cm³/mol. The normalized spacial score (nSPS) is 13.9. The second-order valence-electron chi connectivity index (χ2n) is 9.28. The van der Waals surface area contributed by atoms with E-state index in [0.717, 1.165) is 24.0 Å². The minimum Gasteiger partial charge on any atom is -0.619 e. The molecule has 202 valence electrons. The van der Waals surface area contributed by atoms with E-state index in [-0.39, 0.29) is 6.04 Å². The van der Waals surface area contributed by atoms with Crippen LogP contribution in [0, 0.1) is 5.21 Å². The second-order valence-corrected chi connectivity index (χ2v) is 9.28. The molecule has 1 N–H and O–H groups in total. The SMILES string of the molecule is [O-][n+]1ccc(CC(c2ccc(NC3Cc4ccccc4C3)nc2)c2ccc(OC(F)F)c(OC(F)F)c2)cc1. The number of nitrogens with zero attached hydrogens (tertiary/aromatic N) is 2. The highest BCUT2D eigenvalue weighted by Gasteiger charge is 2.23. The largest absolute Gasteiger partial charge is 0.619 e. The molecule has 0 bridgehead atoms. The molecule has 0 fully saturated rings. The van der Waals surface area contributed by atoms with Gasteiger partial charge in [0.05, 0.1) is 0 Å². The third-order valence-corrected chi connectivity index (χ3v) is 6.70. The first kappa shape index (κ1) is 26.3. The molecule has 1 unspecified atom stereocenters. The Hall–Kier alpha value is -4.34. The molecule has 2 heterocycles. The van der Waals surface area contributed by atoms with E-state index in [1.807, 2.05) is 24.3 Å². The van der Waals surface area contributed by atoms with Gasteiger partial charge in [-0.05, 0) is 65.3 Å². The maximum absolute atomic E-state index is 13.1. The molecule has 1 aliphatic rings. The van der Waals surface area contributed by atoms with Gasteiger partial charge in [-0.2, -0.15) is 22.3 Å². The molecule has 0 aliphatic heterocycles. The van der Waals surface area contributed by atoms with Crippen molar-refractivity contribution in [2.45, 2.75) is 44.4 Å². The zero-order valence-corrected chi connectivity index (χ0v) is 20.6. The number of hydrogen-bond acceptors (Lipinski definition) is 5. The quantitative estimate of drug-likeness (QED) is 0.155. The van der Waals surface area contributed by atoms with Crippen LogP contribution in [0.15, 0.2) is 85.3 Å². The van der Waals surface area contributed by atoms with E-state index < -0.39 is 30.6 Å². The summed E-state index contributed by atoms with van der Waals surface area (Å²) in [6, 6.07) is 19.6. The van der Waals surface area contributed by atoms with E-state index in [2.05, 4.69) is 31.9 Å². The fourth-order valence-corrected chi connectivity index (χ4v) is 4.93. The lowest BCUT2D eigenvalue weighted by molar-refractivity contribution is -0.605. The Balaban J connectivity index is 1.42. The van der Waals surface area contributed by atoms with E-state index in [1.54, 1.807) is 18.3 Å². The number of nitrogens with one attached hydrogen (secondary N) is 1. The summed E-state index contributed by atoms with van der Waals surface area (Å²) < 4.78 is 61.3. The summed E-state index contributed by atoms with van der Waals surface area (Å²) in [4.78, 5) is 4.59. The maximum Gasteiger partial charge on any atom is 0.387 e. The van der Waals surface area contributed by atoms with Gasteiger partial charge in [-0.1, -0.05) is 36.4 Å². The van der Waals surface area contributed by atoms with Crippen molar-refractivity contribution in [2.24, 2.45) is 0 Å². The van der Waals surface area contributed by atoms with Crippen LogP contribution in [0.3, 0.4) is 0 Å². The van der Waals surface area contributed by atoms with Crippen molar-refractivity contribution in [3.63, 3.8) is 0 Å². The van der Waals surface area contributed by atoms with Crippen molar-refractivity contribution in [1.82, 2.24) is 4.98 Å². The average Bonchev–Trinajstić information content (AvgIpc) is 3.32. The molecular weight excluding hydrogens is 514 g/mol. The zero-order chi connectivity index (χ0) is 27.4. The van der Waals surface area contributed by atoms with Crippen LogP contribution in [0.2, 0.25) is 0 Å². The lowest BCUT2D eigenvalue weighted by atomic mass is 9.86. The molecule has 4 aromatic rings. The highest BCUT2D eigenvalue weighted by atomic mass is 19.3. The van der Waals surface area contributed by atoms with Crippen molar-refractivity contribution >= 4 is 5.82 Å². The van der Waals surface area contributed by atoms with Crippen LogP contribution in [0.1, 0.15) is 33.7 Å². The van der Waals surface area contributed by atoms with Crippen LogP contribution in [0.4, 0.5) is 23.4 Å². The fraction of sp³-hybridized carbons (Fsp3) is 0.241. The average molecular weight is 540 g/mol. The van der Waals surface area contributed by atoms with Crippen LogP contribution in [-0.4, -0.2) is 24.2 Å². The molecule has 1 atom stereocenters. The molecule has 0 radical (unpaired) electrons. The van der Waals surface area contributed by atoms with E-state index in [4.69, 9.17) is 0 Å². The van der Waals surface area contributed by atoms with Crippen molar-refractivity contribution in [3.05, 3.63) is 118 Å². The zero-order valence-electron chi connectivity index (χ0n) is 20.6. The number of halogens is 4. The Morgan fingerprint density at radius 1 is 0.846 bits per heavy atom. The first-order valence-electron chi connectivity index (χ1n) is 12.3. The van der Waals surface area contributed by atoms with Gasteiger partial charge in [0.1, 0.15) is 5.82 Å². The van der Waals surface area contributed by atoms with Crippen LogP contribution in [-0.2, 0) is 19.3 Å². The lowest BCUT2D eigenvalue weighted by Crippen LogP contribution is -2.24. The molecule has 0 amide bonds. The van der Waals surface area contributed by atoms with Crippen molar-refractivity contribution in [3.8, 4) is 11.5 Å². The van der Waals surface area contributed by atoms with Crippen LogP contribution in [0.5, 0.6) is 11.5 Å². The number of anilines is 1. The molecular formula is C29H25F4N3O3. The number of rotatable bonds is 10. The van der Waals surface area contributed by atoms with E-state index in [1.165, 1.54) is 41.7 Å². The Morgan fingerprint density at radius 3 is 2.10 bits per heavy atom. The highest BCUT2D eigenvalue weighted by molar-refractivity contribution is 5.48. The fourth-order valence-electron chi connectivity index (χ4n) is 4.93. The summed E-state index contributed by atoms with van der Waals surface area (Å²) >= 11 is 0. The molecule has 0 spiro atoms. The first-order valence-corrected chi connectivity index (χ1v) is 12.3. The van der Waals surface area contributed by atoms with E-state index in [9.17, 15) is 22.8 Å². The monoisotopic (exact) mass is 539 g/mol. The molecule has 5 rings (SSSR count). The number of pyridine rings is 2. The third-order valence-electron chi connectivity index (χ3n) is 6.70. The minimum absolute atomic E-state index is 0.219. The van der Waals surface area contributed by atoms with Gasteiger partial charge in [-0.15, -0.1) is 0 Å². The summed E-state index contributed by atoms with van der Waals surface area (Å²) in [5, 5.41) is 15.0. The van der Waals surface area contributed by atoms with Gasteiger partial charge in [-0.25, -0.2) is 4.98 Å². The molecule has 39 heavy (non-hydrogen) atoms. The summed E-state index contributed by atoms with van der Waals surface area (Å²) in [7, 11) is 0. The number of ether oxygens (including phenoxy) is 2. The molecule has 1 aliphatic carbocycles. The molecule has 2 aromatic carbocycles. The Labute approximate surface area is 222 Å². The van der Waals surface area contributed by atoms with E-state index in [0.29, 0.717) is 22.5 Å².